The fourth-order valence-electron chi connectivity index (χ4n) is 3.65. The molecule has 156 valence electrons. The molecule has 6 nitrogen and oxygen atoms in total. The van der Waals surface area contributed by atoms with E-state index in [-0.39, 0.29) is 29.8 Å². The lowest BCUT2D eigenvalue weighted by atomic mass is 9.97. The van der Waals surface area contributed by atoms with E-state index >= 15 is 0 Å². The number of carbonyl (C=O) groups is 1. The summed E-state index contributed by atoms with van der Waals surface area (Å²) < 4.78 is 52.9. The second-order valence-electron chi connectivity index (χ2n) is 7.41. The van der Waals surface area contributed by atoms with Crippen molar-refractivity contribution < 1.29 is 22.0 Å². The van der Waals surface area contributed by atoms with Gasteiger partial charge < -0.3 is 5.32 Å². The van der Waals surface area contributed by atoms with Gasteiger partial charge in [0.05, 0.1) is 4.90 Å². The molecule has 1 aromatic rings. The monoisotopic (exact) mass is 415 g/mol. The average Bonchev–Trinajstić information content (AvgIpc) is 3.52. The van der Waals surface area contributed by atoms with Crippen LogP contribution in [0.2, 0.25) is 0 Å². The van der Waals surface area contributed by atoms with Crippen LogP contribution in [0.5, 0.6) is 0 Å². The third-order valence-electron chi connectivity index (χ3n) is 5.52. The van der Waals surface area contributed by atoms with Crippen molar-refractivity contribution in [2.75, 3.05) is 32.7 Å². The smallest absolute Gasteiger partial charge is 0.243 e. The molecule has 2 fully saturated rings. The van der Waals surface area contributed by atoms with Gasteiger partial charge in [-0.1, -0.05) is 6.92 Å². The van der Waals surface area contributed by atoms with Crippen LogP contribution in [0.3, 0.4) is 0 Å². The van der Waals surface area contributed by atoms with Crippen molar-refractivity contribution in [3.8, 4) is 0 Å². The first-order valence-corrected chi connectivity index (χ1v) is 11.2. The number of benzene rings is 1. The maximum absolute atomic E-state index is 13.4. The number of halogens is 2. The third kappa shape index (κ3) is 4.87. The van der Waals surface area contributed by atoms with Gasteiger partial charge in [0.1, 0.15) is 0 Å². The van der Waals surface area contributed by atoms with Crippen molar-refractivity contribution in [1.29, 1.82) is 0 Å². The van der Waals surface area contributed by atoms with Crippen molar-refractivity contribution in [1.82, 2.24) is 14.5 Å². The molecular formula is C19H27F2N3O3S. The van der Waals surface area contributed by atoms with E-state index in [0.717, 1.165) is 25.2 Å². The van der Waals surface area contributed by atoms with E-state index in [1.165, 1.54) is 17.1 Å². The summed E-state index contributed by atoms with van der Waals surface area (Å²) in [6, 6.07) is 3.23. The highest BCUT2D eigenvalue weighted by molar-refractivity contribution is 7.89. The summed E-state index contributed by atoms with van der Waals surface area (Å²) in [7, 11) is -3.90. The molecule has 1 aliphatic carbocycles. The van der Waals surface area contributed by atoms with Crippen molar-refractivity contribution in [2.45, 2.75) is 43.5 Å². The minimum Gasteiger partial charge on any atom is -0.355 e. The normalized spacial score (nSPS) is 19.1. The molecule has 1 heterocycles. The summed E-state index contributed by atoms with van der Waals surface area (Å²) in [6.45, 7) is 4.88. The third-order valence-corrected chi connectivity index (χ3v) is 7.42. The predicted octanol–water partition coefficient (Wildman–Crippen LogP) is 1.97. The Kier molecular flexibility index (Phi) is 6.67. The molecule has 0 spiro atoms. The van der Waals surface area contributed by atoms with Crippen LogP contribution in [0.15, 0.2) is 23.1 Å². The highest BCUT2D eigenvalue weighted by Gasteiger charge is 2.33. The first-order chi connectivity index (χ1) is 13.3. The van der Waals surface area contributed by atoms with Crippen LogP contribution in [-0.2, 0) is 14.8 Å². The van der Waals surface area contributed by atoms with Crippen LogP contribution < -0.4 is 5.32 Å². The predicted molar refractivity (Wildman–Crippen MR) is 101 cm³/mol. The Morgan fingerprint density at radius 3 is 2.43 bits per heavy atom. The number of carbonyl (C=O) groups excluding carboxylic acids is 1. The van der Waals surface area contributed by atoms with Crippen LogP contribution in [0.25, 0.3) is 0 Å². The van der Waals surface area contributed by atoms with Gasteiger partial charge in [0.25, 0.3) is 0 Å². The van der Waals surface area contributed by atoms with Gasteiger partial charge in [-0.2, -0.15) is 4.31 Å². The lowest BCUT2D eigenvalue weighted by Gasteiger charge is -2.30. The number of sulfonamides is 1. The second kappa shape index (κ2) is 8.84. The molecule has 0 radical (unpaired) electrons. The molecule has 0 unspecified atom stereocenters. The van der Waals surface area contributed by atoms with Gasteiger partial charge in [-0.05, 0) is 50.4 Å². The van der Waals surface area contributed by atoms with Gasteiger partial charge in [0, 0.05) is 38.1 Å². The average molecular weight is 416 g/mol. The van der Waals surface area contributed by atoms with Crippen LogP contribution in [0, 0.1) is 17.6 Å². The number of amides is 1. The first kappa shape index (κ1) is 21.1. The Morgan fingerprint density at radius 1 is 1.18 bits per heavy atom. The summed E-state index contributed by atoms with van der Waals surface area (Å²) in [4.78, 5) is 14.5. The van der Waals surface area contributed by atoms with Gasteiger partial charge in [-0.15, -0.1) is 0 Å². The van der Waals surface area contributed by atoms with E-state index < -0.39 is 21.7 Å². The van der Waals surface area contributed by atoms with Crippen LogP contribution in [-0.4, -0.2) is 62.3 Å². The van der Waals surface area contributed by atoms with E-state index in [1.807, 2.05) is 0 Å². The molecule has 2 aliphatic rings. The Bertz CT molecular complexity index is 807. The van der Waals surface area contributed by atoms with E-state index in [1.54, 1.807) is 0 Å². The summed E-state index contributed by atoms with van der Waals surface area (Å²) in [5.41, 5.74) is 0. The summed E-state index contributed by atoms with van der Waals surface area (Å²) in [6.07, 6.45) is 3.28. The molecule has 1 N–H and O–H groups in total. The van der Waals surface area contributed by atoms with Crippen LogP contribution in [0.4, 0.5) is 8.78 Å². The number of piperidine rings is 1. The van der Waals surface area contributed by atoms with Gasteiger partial charge in [0.2, 0.25) is 15.9 Å². The largest absolute Gasteiger partial charge is 0.355 e. The molecule has 1 saturated heterocycles. The van der Waals surface area contributed by atoms with E-state index in [4.69, 9.17) is 0 Å². The minimum atomic E-state index is -3.90. The van der Waals surface area contributed by atoms with Gasteiger partial charge in [-0.25, -0.2) is 17.2 Å². The number of nitrogens with zero attached hydrogens (tertiary/aromatic N) is 2. The number of nitrogens with one attached hydrogen (secondary N) is 1. The van der Waals surface area contributed by atoms with Crippen molar-refractivity contribution in [2.24, 2.45) is 5.92 Å². The quantitative estimate of drug-likeness (QED) is 0.705. The van der Waals surface area contributed by atoms with Gasteiger partial charge >= 0.3 is 0 Å². The summed E-state index contributed by atoms with van der Waals surface area (Å²) in [5, 5.41) is 2.96. The zero-order chi connectivity index (χ0) is 20.3. The molecule has 1 saturated carbocycles. The first-order valence-electron chi connectivity index (χ1n) is 9.80. The van der Waals surface area contributed by atoms with E-state index in [2.05, 4.69) is 17.1 Å². The summed E-state index contributed by atoms with van der Waals surface area (Å²) >= 11 is 0. The molecule has 9 heteroatoms. The van der Waals surface area contributed by atoms with Crippen LogP contribution in [0.1, 0.15) is 32.6 Å². The molecule has 28 heavy (non-hydrogen) atoms. The minimum absolute atomic E-state index is 0.0447. The standard InChI is InChI=1S/C19H27F2N3O3S/c1-2-23(15-3-4-15)12-9-22-19(25)14-7-10-24(11-8-14)28(26,27)16-5-6-17(20)18(21)13-16/h5-6,13-15H,2-4,7-12H2,1H3,(H,22,25). The summed E-state index contributed by atoms with van der Waals surface area (Å²) in [5.74, 6) is -2.55. The number of rotatable bonds is 8. The molecule has 3 rings (SSSR count). The van der Waals surface area contributed by atoms with E-state index in [0.29, 0.717) is 31.5 Å². The molecule has 0 atom stereocenters. The molecular weight excluding hydrogens is 388 g/mol. The number of hydrogen-bond acceptors (Lipinski definition) is 4. The lowest BCUT2D eigenvalue weighted by molar-refractivity contribution is -0.126. The van der Waals surface area contributed by atoms with Crippen molar-refractivity contribution in [3.05, 3.63) is 29.8 Å². The van der Waals surface area contributed by atoms with Crippen molar-refractivity contribution >= 4 is 15.9 Å². The number of likely N-dealkylation sites (N-methyl/N-ethyl adjacent to an activating group) is 1. The number of hydrogen-bond donors (Lipinski definition) is 1. The maximum Gasteiger partial charge on any atom is 0.243 e. The molecule has 1 aliphatic heterocycles. The van der Waals surface area contributed by atoms with E-state index in [9.17, 15) is 22.0 Å². The lowest BCUT2D eigenvalue weighted by Crippen LogP contribution is -2.44. The Labute approximate surface area is 164 Å². The highest BCUT2D eigenvalue weighted by Crippen LogP contribution is 2.26. The fraction of sp³-hybridized carbons (Fsp3) is 0.632. The molecule has 0 bridgehead atoms. The zero-order valence-corrected chi connectivity index (χ0v) is 16.9. The van der Waals surface area contributed by atoms with Crippen molar-refractivity contribution in [3.63, 3.8) is 0 Å². The Hall–Kier alpha value is -1.58. The maximum atomic E-state index is 13.4. The Morgan fingerprint density at radius 2 is 1.86 bits per heavy atom. The molecule has 1 amide bonds. The van der Waals surface area contributed by atoms with Gasteiger partial charge in [-0.3, -0.25) is 9.69 Å². The SMILES string of the molecule is CCN(CCNC(=O)C1CCN(S(=O)(=O)c2ccc(F)c(F)c2)CC1)C1CC1. The van der Waals surface area contributed by atoms with Gasteiger partial charge in [0.15, 0.2) is 11.6 Å². The highest BCUT2D eigenvalue weighted by atomic mass is 32.2. The Balaban J connectivity index is 1.49. The van der Waals surface area contributed by atoms with Crippen LogP contribution >= 0.6 is 0 Å². The zero-order valence-electron chi connectivity index (χ0n) is 16.0. The molecule has 0 aromatic heterocycles. The second-order valence-corrected chi connectivity index (χ2v) is 9.34. The fourth-order valence-corrected chi connectivity index (χ4v) is 5.13. The molecule has 1 aromatic carbocycles. The topological polar surface area (TPSA) is 69.7 Å².